The largest absolute Gasteiger partial charge is 0.358 e. The van der Waals surface area contributed by atoms with Gasteiger partial charge in [0.15, 0.2) is 0 Å². The minimum absolute atomic E-state index is 0.0942. The van der Waals surface area contributed by atoms with Gasteiger partial charge in [0.25, 0.3) is 0 Å². The number of fused-ring (bicyclic) bond motifs is 3. The summed E-state index contributed by atoms with van der Waals surface area (Å²) in [5.74, 6) is 0.0942. The van der Waals surface area contributed by atoms with Crippen LogP contribution in [0, 0.1) is 0 Å². The van der Waals surface area contributed by atoms with Crippen LogP contribution in [0.15, 0.2) is 48.5 Å². The van der Waals surface area contributed by atoms with Gasteiger partial charge in [-0.15, -0.1) is 0 Å². The zero-order valence-corrected chi connectivity index (χ0v) is 11.9. The highest BCUT2D eigenvalue weighted by Crippen LogP contribution is 2.51. The molecule has 2 nitrogen and oxygen atoms in total. The van der Waals surface area contributed by atoms with E-state index in [-0.39, 0.29) is 5.91 Å². The molecule has 0 saturated heterocycles. The van der Waals surface area contributed by atoms with E-state index in [4.69, 9.17) is 0 Å². The van der Waals surface area contributed by atoms with Crippen LogP contribution in [0.4, 0.5) is 0 Å². The van der Waals surface area contributed by atoms with Crippen molar-refractivity contribution >= 4 is 5.91 Å². The van der Waals surface area contributed by atoms with Crippen LogP contribution in [0.3, 0.4) is 0 Å². The molecule has 0 saturated carbocycles. The summed E-state index contributed by atoms with van der Waals surface area (Å²) >= 11 is 0. The Balaban J connectivity index is 2.36. The van der Waals surface area contributed by atoms with Crippen molar-refractivity contribution in [2.24, 2.45) is 0 Å². The van der Waals surface area contributed by atoms with Gasteiger partial charge in [-0.1, -0.05) is 61.9 Å². The van der Waals surface area contributed by atoms with Gasteiger partial charge in [-0.05, 0) is 28.7 Å². The number of hydrogen-bond donors (Lipinski definition) is 1. The second-order valence-corrected chi connectivity index (χ2v) is 5.33. The summed E-state index contributed by atoms with van der Waals surface area (Å²) < 4.78 is 0. The van der Waals surface area contributed by atoms with Crippen molar-refractivity contribution in [3.05, 3.63) is 59.7 Å². The number of rotatable bonds is 3. The summed E-state index contributed by atoms with van der Waals surface area (Å²) in [5.41, 5.74) is 4.14. The normalized spacial score (nSPS) is 14.5. The minimum Gasteiger partial charge on any atom is -0.358 e. The topological polar surface area (TPSA) is 29.1 Å². The van der Waals surface area contributed by atoms with Crippen molar-refractivity contribution in [1.29, 1.82) is 0 Å². The van der Waals surface area contributed by atoms with Gasteiger partial charge in [-0.2, -0.15) is 0 Å². The van der Waals surface area contributed by atoms with E-state index in [1.807, 2.05) is 24.3 Å². The number of nitrogens with one attached hydrogen (secondary N) is 1. The Kier molecular flexibility index (Phi) is 3.09. The second kappa shape index (κ2) is 4.78. The molecule has 0 aliphatic heterocycles. The predicted octanol–water partition coefficient (Wildman–Crippen LogP) is 3.50. The SMILES string of the molecule is CCCC1(C(=O)NC)c2ccccc2-c2ccccc21. The molecule has 0 aromatic heterocycles. The second-order valence-electron chi connectivity index (χ2n) is 5.33. The molecule has 20 heavy (non-hydrogen) atoms. The maximum atomic E-state index is 12.7. The van der Waals surface area contributed by atoms with Gasteiger partial charge in [0.1, 0.15) is 5.41 Å². The predicted molar refractivity (Wildman–Crippen MR) is 81.6 cm³/mol. The molecule has 2 aromatic carbocycles. The third-order valence-electron chi connectivity index (χ3n) is 4.30. The van der Waals surface area contributed by atoms with Crippen molar-refractivity contribution in [3.8, 4) is 11.1 Å². The first-order chi connectivity index (χ1) is 9.75. The van der Waals surface area contributed by atoms with E-state index in [0.717, 1.165) is 24.0 Å². The van der Waals surface area contributed by atoms with Crippen molar-refractivity contribution in [3.63, 3.8) is 0 Å². The highest BCUT2D eigenvalue weighted by atomic mass is 16.2. The van der Waals surface area contributed by atoms with Gasteiger partial charge < -0.3 is 5.32 Å². The fourth-order valence-corrected chi connectivity index (χ4v) is 3.54. The molecule has 0 spiro atoms. The third-order valence-corrected chi connectivity index (χ3v) is 4.30. The van der Waals surface area contributed by atoms with Crippen molar-refractivity contribution < 1.29 is 4.79 Å². The summed E-state index contributed by atoms with van der Waals surface area (Å²) in [6.45, 7) is 2.13. The fraction of sp³-hybridized carbons (Fsp3) is 0.278. The molecule has 1 aliphatic rings. The minimum atomic E-state index is -0.531. The number of likely N-dealkylation sites (N-methyl/N-ethyl adjacent to an activating group) is 1. The first kappa shape index (κ1) is 12.9. The van der Waals surface area contributed by atoms with Crippen LogP contribution in [0.1, 0.15) is 30.9 Å². The van der Waals surface area contributed by atoms with Crippen LogP contribution in [-0.2, 0) is 10.2 Å². The molecule has 0 fully saturated rings. The Hall–Kier alpha value is -2.09. The summed E-state index contributed by atoms with van der Waals surface area (Å²) in [5, 5.41) is 2.88. The highest BCUT2D eigenvalue weighted by Gasteiger charge is 2.47. The Labute approximate surface area is 119 Å². The van der Waals surface area contributed by atoms with Gasteiger partial charge in [0, 0.05) is 7.05 Å². The van der Waals surface area contributed by atoms with Crippen molar-refractivity contribution in [1.82, 2.24) is 5.32 Å². The van der Waals surface area contributed by atoms with E-state index >= 15 is 0 Å². The molecule has 1 aliphatic carbocycles. The lowest BCUT2D eigenvalue weighted by atomic mass is 9.74. The van der Waals surface area contributed by atoms with E-state index in [9.17, 15) is 4.79 Å². The number of amides is 1. The molecule has 1 N–H and O–H groups in total. The summed E-state index contributed by atoms with van der Waals surface area (Å²) in [6.07, 6.45) is 1.80. The van der Waals surface area contributed by atoms with Crippen LogP contribution >= 0.6 is 0 Å². The fourth-order valence-electron chi connectivity index (χ4n) is 3.54. The molecule has 0 unspecified atom stereocenters. The quantitative estimate of drug-likeness (QED) is 0.904. The number of carbonyl (C=O) groups is 1. The van der Waals surface area contributed by atoms with E-state index in [2.05, 4.69) is 36.5 Å². The van der Waals surface area contributed by atoms with Crippen molar-refractivity contribution in [2.75, 3.05) is 7.05 Å². The smallest absolute Gasteiger partial charge is 0.234 e. The Morgan fingerprint density at radius 3 is 1.95 bits per heavy atom. The first-order valence-electron chi connectivity index (χ1n) is 7.17. The van der Waals surface area contributed by atoms with Gasteiger partial charge in [0.2, 0.25) is 5.91 Å². The van der Waals surface area contributed by atoms with E-state index < -0.39 is 5.41 Å². The lowest BCUT2D eigenvalue weighted by Gasteiger charge is -2.29. The van der Waals surface area contributed by atoms with Crippen LogP contribution < -0.4 is 5.32 Å². The molecule has 0 radical (unpaired) electrons. The maximum absolute atomic E-state index is 12.7. The average molecular weight is 265 g/mol. The maximum Gasteiger partial charge on any atom is 0.234 e. The molecular formula is C18H19NO. The average Bonchev–Trinajstić information content (AvgIpc) is 2.79. The van der Waals surface area contributed by atoms with Gasteiger partial charge >= 0.3 is 0 Å². The summed E-state index contributed by atoms with van der Waals surface area (Å²) in [7, 11) is 1.73. The van der Waals surface area contributed by atoms with Crippen LogP contribution in [-0.4, -0.2) is 13.0 Å². The van der Waals surface area contributed by atoms with E-state index in [1.54, 1.807) is 7.05 Å². The molecule has 3 rings (SSSR count). The molecule has 2 heteroatoms. The molecule has 0 bridgehead atoms. The standard InChI is InChI=1S/C18H19NO/c1-3-12-18(17(20)19-2)15-10-6-4-8-13(15)14-9-5-7-11-16(14)18/h4-11H,3,12H2,1-2H3,(H,19,20). The van der Waals surface area contributed by atoms with Crippen LogP contribution in [0.2, 0.25) is 0 Å². The molecule has 0 atom stereocenters. The molecule has 2 aromatic rings. The highest BCUT2D eigenvalue weighted by molar-refractivity contribution is 6.00. The molecule has 0 heterocycles. The monoisotopic (exact) mass is 265 g/mol. The molecule has 102 valence electrons. The van der Waals surface area contributed by atoms with E-state index in [1.165, 1.54) is 11.1 Å². The Bertz CT molecular complexity index is 614. The van der Waals surface area contributed by atoms with Gasteiger partial charge in [-0.25, -0.2) is 0 Å². The summed E-state index contributed by atoms with van der Waals surface area (Å²) in [4.78, 5) is 12.7. The van der Waals surface area contributed by atoms with Crippen molar-refractivity contribution in [2.45, 2.75) is 25.2 Å². The lowest BCUT2D eigenvalue weighted by molar-refractivity contribution is -0.125. The third kappa shape index (κ3) is 1.54. The lowest BCUT2D eigenvalue weighted by Crippen LogP contribution is -2.42. The van der Waals surface area contributed by atoms with Gasteiger partial charge in [-0.3, -0.25) is 4.79 Å². The number of benzene rings is 2. The molecular weight excluding hydrogens is 246 g/mol. The Morgan fingerprint density at radius 2 is 1.50 bits per heavy atom. The number of hydrogen-bond acceptors (Lipinski definition) is 1. The van der Waals surface area contributed by atoms with E-state index in [0.29, 0.717) is 0 Å². The van der Waals surface area contributed by atoms with Crippen LogP contribution in [0.5, 0.6) is 0 Å². The molecule has 1 amide bonds. The Morgan fingerprint density at radius 1 is 1.00 bits per heavy atom. The number of carbonyl (C=O) groups excluding carboxylic acids is 1. The first-order valence-corrected chi connectivity index (χ1v) is 7.17. The zero-order valence-electron chi connectivity index (χ0n) is 11.9. The zero-order chi connectivity index (χ0) is 14.2. The summed E-state index contributed by atoms with van der Waals surface area (Å²) in [6, 6.07) is 16.6. The van der Waals surface area contributed by atoms with Gasteiger partial charge in [0.05, 0.1) is 0 Å². The van der Waals surface area contributed by atoms with Crippen LogP contribution in [0.25, 0.3) is 11.1 Å².